The van der Waals surface area contributed by atoms with Gasteiger partial charge in [0.25, 0.3) is 0 Å². The second-order valence-corrected chi connectivity index (χ2v) is 3.67. The lowest BCUT2D eigenvalue weighted by Gasteiger charge is -2.14. The summed E-state index contributed by atoms with van der Waals surface area (Å²) in [5, 5.41) is 0. The minimum absolute atomic E-state index is 0.0219. The summed E-state index contributed by atoms with van der Waals surface area (Å²) < 4.78 is 0. The molecule has 1 aliphatic carbocycles. The van der Waals surface area contributed by atoms with Crippen molar-refractivity contribution in [3.8, 4) is 0 Å². The molecule has 5 nitrogen and oxygen atoms in total. The smallest absolute Gasteiger partial charge is 0.248 e. The number of nitrogens with one attached hydrogen (secondary N) is 1. The van der Waals surface area contributed by atoms with E-state index in [4.69, 9.17) is 0 Å². The Morgan fingerprint density at radius 3 is 2.59 bits per heavy atom. The van der Waals surface area contributed by atoms with Crippen LogP contribution >= 0.6 is 0 Å². The summed E-state index contributed by atoms with van der Waals surface area (Å²) in [6.45, 7) is 0. The van der Waals surface area contributed by atoms with Gasteiger partial charge in [0.1, 0.15) is 11.4 Å². The second-order valence-electron chi connectivity index (χ2n) is 3.67. The standard InChI is InChI=1S/C12H6N2O3/c15-8-4-3-7-10(14-8)12(17)9-6(11(7)16)2-1-5-13-9/h1-5H,(H,14,15). The molecule has 2 heterocycles. The van der Waals surface area contributed by atoms with Gasteiger partial charge in [0.2, 0.25) is 11.3 Å². The zero-order valence-corrected chi connectivity index (χ0v) is 8.56. The number of carbonyl (C=O) groups is 2. The molecule has 17 heavy (non-hydrogen) atoms. The van der Waals surface area contributed by atoms with E-state index in [9.17, 15) is 14.4 Å². The number of fused-ring (bicyclic) bond motifs is 2. The van der Waals surface area contributed by atoms with Gasteiger partial charge in [0.05, 0.1) is 11.1 Å². The fourth-order valence-electron chi connectivity index (χ4n) is 1.88. The van der Waals surface area contributed by atoms with Crippen molar-refractivity contribution in [3.05, 3.63) is 63.3 Å². The molecule has 2 aromatic heterocycles. The molecule has 0 radical (unpaired) electrons. The summed E-state index contributed by atoms with van der Waals surface area (Å²) in [4.78, 5) is 41.5. The molecule has 0 aliphatic heterocycles. The first-order valence-electron chi connectivity index (χ1n) is 4.96. The lowest BCUT2D eigenvalue weighted by molar-refractivity contribution is 0.0971. The van der Waals surface area contributed by atoms with E-state index in [2.05, 4.69) is 9.97 Å². The van der Waals surface area contributed by atoms with Crippen LogP contribution in [0.5, 0.6) is 0 Å². The highest BCUT2D eigenvalue weighted by Gasteiger charge is 2.31. The summed E-state index contributed by atoms with van der Waals surface area (Å²) in [7, 11) is 0. The number of hydrogen-bond acceptors (Lipinski definition) is 4. The number of nitrogens with zero attached hydrogens (tertiary/aromatic N) is 1. The number of aromatic nitrogens is 2. The van der Waals surface area contributed by atoms with Crippen LogP contribution < -0.4 is 5.56 Å². The Morgan fingerprint density at radius 1 is 0.941 bits per heavy atom. The SMILES string of the molecule is O=C1c2cccnc2C(=O)c2[nH]c(=O)ccc21. The average molecular weight is 226 g/mol. The molecule has 0 fully saturated rings. The van der Waals surface area contributed by atoms with E-state index in [1.165, 1.54) is 18.3 Å². The largest absolute Gasteiger partial charge is 0.318 e. The number of hydrogen-bond donors (Lipinski definition) is 1. The molecular weight excluding hydrogens is 220 g/mol. The normalized spacial score (nSPS) is 13.2. The molecule has 0 unspecified atom stereocenters. The number of ketones is 2. The fourth-order valence-corrected chi connectivity index (χ4v) is 1.88. The molecule has 2 aromatic rings. The van der Waals surface area contributed by atoms with E-state index >= 15 is 0 Å². The van der Waals surface area contributed by atoms with Gasteiger partial charge in [-0.05, 0) is 18.2 Å². The highest BCUT2D eigenvalue weighted by Crippen LogP contribution is 2.22. The highest BCUT2D eigenvalue weighted by molar-refractivity contribution is 6.26. The van der Waals surface area contributed by atoms with Gasteiger partial charge in [-0.15, -0.1) is 0 Å². The summed E-state index contributed by atoms with van der Waals surface area (Å²) in [5.74, 6) is -0.716. The van der Waals surface area contributed by atoms with Gasteiger partial charge in [-0.2, -0.15) is 0 Å². The lowest BCUT2D eigenvalue weighted by atomic mass is 9.90. The molecule has 1 N–H and O–H groups in total. The topological polar surface area (TPSA) is 79.9 Å². The van der Waals surface area contributed by atoms with Crippen molar-refractivity contribution in [1.29, 1.82) is 0 Å². The third-order valence-corrected chi connectivity index (χ3v) is 2.66. The Balaban J connectivity index is 2.37. The number of aromatic amines is 1. The maximum atomic E-state index is 12.1. The van der Waals surface area contributed by atoms with Gasteiger partial charge in [0.15, 0.2) is 5.78 Å². The quantitative estimate of drug-likeness (QED) is 0.606. The molecule has 0 amide bonds. The van der Waals surface area contributed by atoms with Crippen LogP contribution in [0, 0.1) is 0 Å². The van der Waals surface area contributed by atoms with E-state index in [0.717, 1.165) is 0 Å². The summed E-state index contributed by atoms with van der Waals surface area (Å²) in [6.07, 6.45) is 1.44. The van der Waals surface area contributed by atoms with Crippen molar-refractivity contribution in [2.24, 2.45) is 0 Å². The third kappa shape index (κ3) is 1.25. The van der Waals surface area contributed by atoms with Crippen molar-refractivity contribution < 1.29 is 9.59 Å². The molecular formula is C12H6N2O3. The first-order valence-corrected chi connectivity index (χ1v) is 4.96. The van der Waals surface area contributed by atoms with Gasteiger partial charge in [-0.1, -0.05) is 0 Å². The average Bonchev–Trinajstić information content (AvgIpc) is 2.36. The van der Waals surface area contributed by atoms with Crippen molar-refractivity contribution in [2.75, 3.05) is 0 Å². The molecule has 0 aromatic carbocycles. The van der Waals surface area contributed by atoms with Crippen molar-refractivity contribution in [2.45, 2.75) is 0 Å². The zero-order valence-electron chi connectivity index (χ0n) is 8.56. The number of pyridine rings is 2. The van der Waals surface area contributed by atoms with E-state index in [0.29, 0.717) is 0 Å². The molecule has 0 saturated carbocycles. The van der Waals surface area contributed by atoms with Gasteiger partial charge in [0, 0.05) is 12.3 Å². The van der Waals surface area contributed by atoms with Crippen LogP contribution in [0.3, 0.4) is 0 Å². The highest BCUT2D eigenvalue weighted by atomic mass is 16.1. The molecule has 5 heteroatoms. The Kier molecular flexibility index (Phi) is 1.82. The van der Waals surface area contributed by atoms with Gasteiger partial charge in [-0.3, -0.25) is 19.4 Å². The van der Waals surface area contributed by atoms with Crippen LogP contribution in [0.25, 0.3) is 0 Å². The first-order chi connectivity index (χ1) is 8.18. The predicted octanol–water partition coefficient (Wildman–Crippen LogP) is 0.545. The third-order valence-electron chi connectivity index (χ3n) is 2.66. The van der Waals surface area contributed by atoms with Crippen LogP contribution in [-0.2, 0) is 0 Å². The molecule has 1 aliphatic rings. The van der Waals surface area contributed by atoms with Gasteiger partial charge in [-0.25, -0.2) is 0 Å². The van der Waals surface area contributed by atoms with Crippen molar-refractivity contribution in [1.82, 2.24) is 9.97 Å². The summed E-state index contributed by atoms with van der Waals surface area (Å²) in [5.41, 5.74) is 0.192. The first kappa shape index (κ1) is 9.65. The van der Waals surface area contributed by atoms with Gasteiger partial charge >= 0.3 is 0 Å². The van der Waals surface area contributed by atoms with E-state index in [-0.39, 0.29) is 28.3 Å². The van der Waals surface area contributed by atoms with E-state index in [1.54, 1.807) is 12.1 Å². The van der Waals surface area contributed by atoms with E-state index in [1.807, 2.05) is 0 Å². The number of H-pyrrole nitrogens is 1. The maximum absolute atomic E-state index is 12.1. The Hall–Kier alpha value is -2.56. The van der Waals surface area contributed by atoms with Crippen LogP contribution in [0.2, 0.25) is 0 Å². The molecule has 3 rings (SSSR count). The zero-order chi connectivity index (χ0) is 12.0. The molecule has 82 valence electrons. The Labute approximate surface area is 95.1 Å². The van der Waals surface area contributed by atoms with Gasteiger partial charge < -0.3 is 4.98 Å². The number of carbonyl (C=O) groups excluding carboxylic acids is 2. The van der Waals surface area contributed by atoms with Crippen molar-refractivity contribution in [3.63, 3.8) is 0 Å². The van der Waals surface area contributed by atoms with Crippen LogP contribution in [0.4, 0.5) is 0 Å². The maximum Gasteiger partial charge on any atom is 0.248 e. The van der Waals surface area contributed by atoms with E-state index < -0.39 is 11.3 Å². The van der Waals surface area contributed by atoms with Crippen LogP contribution in [0.15, 0.2) is 35.3 Å². The minimum atomic E-state index is -0.423. The Morgan fingerprint density at radius 2 is 1.76 bits per heavy atom. The molecule has 0 saturated heterocycles. The minimum Gasteiger partial charge on any atom is -0.318 e. The predicted molar refractivity (Wildman–Crippen MR) is 58.2 cm³/mol. The Bertz CT molecular complexity index is 716. The molecule has 0 bridgehead atoms. The van der Waals surface area contributed by atoms with Crippen molar-refractivity contribution >= 4 is 11.6 Å². The monoisotopic (exact) mass is 226 g/mol. The molecule has 0 atom stereocenters. The molecule has 0 spiro atoms. The lowest BCUT2D eigenvalue weighted by Crippen LogP contribution is -2.26. The van der Waals surface area contributed by atoms with Crippen LogP contribution in [-0.4, -0.2) is 21.5 Å². The summed E-state index contributed by atoms with van der Waals surface area (Å²) in [6, 6.07) is 5.74. The second kappa shape index (κ2) is 3.21. The summed E-state index contributed by atoms with van der Waals surface area (Å²) >= 11 is 0. The number of rotatable bonds is 0. The fraction of sp³-hybridized carbons (Fsp3) is 0. The van der Waals surface area contributed by atoms with Crippen LogP contribution in [0.1, 0.15) is 32.1 Å².